The molecule has 2 aliphatic rings. The molecule has 8 nitrogen and oxygen atoms in total. The van der Waals surface area contributed by atoms with Crippen LogP contribution >= 0.6 is 15.9 Å². The largest absolute Gasteiger partial charge is 0.454 e. The van der Waals surface area contributed by atoms with Crippen molar-refractivity contribution in [2.45, 2.75) is 13.1 Å². The first kappa shape index (κ1) is 16.2. The van der Waals surface area contributed by atoms with E-state index < -0.39 is 0 Å². The van der Waals surface area contributed by atoms with Gasteiger partial charge < -0.3 is 18.9 Å². The molecule has 2 aromatic heterocycles. The van der Waals surface area contributed by atoms with E-state index >= 15 is 0 Å². The fourth-order valence-corrected chi connectivity index (χ4v) is 3.66. The maximum absolute atomic E-state index is 12.9. The Morgan fingerprint density at radius 1 is 1.07 bits per heavy atom. The lowest BCUT2D eigenvalue weighted by atomic mass is 10.1. The zero-order chi connectivity index (χ0) is 18.4. The van der Waals surface area contributed by atoms with Crippen LogP contribution in [0.2, 0.25) is 0 Å². The quantitative estimate of drug-likeness (QED) is 0.624. The number of halogens is 1. The Hall–Kier alpha value is -2.94. The van der Waals surface area contributed by atoms with Gasteiger partial charge in [-0.2, -0.15) is 0 Å². The van der Waals surface area contributed by atoms with E-state index in [0.29, 0.717) is 36.7 Å². The summed E-state index contributed by atoms with van der Waals surface area (Å²) >= 11 is 3.43. The summed E-state index contributed by atoms with van der Waals surface area (Å²) in [5.41, 5.74) is 1.46. The highest BCUT2D eigenvalue weighted by atomic mass is 79.9. The first-order chi connectivity index (χ1) is 13.2. The number of benzene rings is 1. The fraction of sp³-hybridized carbons (Fsp3) is 0.222. The molecule has 0 radical (unpaired) electrons. The van der Waals surface area contributed by atoms with Crippen LogP contribution in [-0.2, 0) is 13.1 Å². The van der Waals surface area contributed by atoms with Gasteiger partial charge in [0.2, 0.25) is 6.79 Å². The molecule has 0 fully saturated rings. The zero-order valence-corrected chi connectivity index (χ0v) is 15.7. The van der Waals surface area contributed by atoms with E-state index in [2.05, 4.69) is 31.1 Å². The number of aromatic nitrogens is 4. The number of ether oxygens (including phenoxy) is 2. The van der Waals surface area contributed by atoms with Crippen molar-refractivity contribution in [3.05, 3.63) is 52.5 Å². The van der Waals surface area contributed by atoms with E-state index in [9.17, 15) is 4.79 Å². The first-order valence-corrected chi connectivity index (χ1v) is 9.20. The second kappa shape index (κ2) is 6.34. The molecule has 0 N–H and O–H groups in total. The van der Waals surface area contributed by atoms with Gasteiger partial charge in [-0.25, -0.2) is 0 Å². The van der Waals surface area contributed by atoms with Gasteiger partial charge >= 0.3 is 0 Å². The third-order valence-electron chi connectivity index (χ3n) is 4.62. The second-order valence-electron chi connectivity index (χ2n) is 6.28. The third-order valence-corrected chi connectivity index (χ3v) is 5.06. The highest BCUT2D eigenvalue weighted by Crippen LogP contribution is 2.33. The van der Waals surface area contributed by atoms with Gasteiger partial charge in [0.15, 0.2) is 23.1 Å². The monoisotopic (exact) mass is 427 g/mol. The van der Waals surface area contributed by atoms with Gasteiger partial charge in [0.05, 0.1) is 6.54 Å². The molecule has 0 saturated carbocycles. The number of pyridine rings is 1. The van der Waals surface area contributed by atoms with E-state index in [1.54, 1.807) is 35.5 Å². The number of nitrogens with zero attached hydrogens (tertiary/aromatic N) is 5. The average molecular weight is 428 g/mol. The van der Waals surface area contributed by atoms with Crippen molar-refractivity contribution in [1.29, 1.82) is 0 Å². The summed E-state index contributed by atoms with van der Waals surface area (Å²) in [6.07, 6.45) is 3.48. The molecule has 0 bridgehead atoms. The molecular weight excluding hydrogens is 414 g/mol. The minimum atomic E-state index is -0.0618. The number of carbonyl (C=O) groups is 1. The Balaban J connectivity index is 1.39. The number of amides is 1. The lowest BCUT2D eigenvalue weighted by Gasteiger charge is -2.28. The van der Waals surface area contributed by atoms with Crippen LogP contribution in [0.3, 0.4) is 0 Å². The number of fused-ring (bicyclic) bond motifs is 2. The summed E-state index contributed by atoms with van der Waals surface area (Å²) in [6.45, 7) is 1.79. The topological polar surface area (TPSA) is 82.4 Å². The number of hydrogen-bond donors (Lipinski definition) is 0. The first-order valence-electron chi connectivity index (χ1n) is 8.41. The minimum absolute atomic E-state index is 0.0618. The molecular formula is C18H14BrN5O3. The lowest BCUT2D eigenvalue weighted by Crippen LogP contribution is -2.38. The van der Waals surface area contributed by atoms with Crippen LogP contribution in [-0.4, -0.2) is 43.9 Å². The van der Waals surface area contributed by atoms with Crippen LogP contribution in [0.15, 0.2) is 41.1 Å². The van der Waals surface area contributed by atoms with Gasteiger partial charge in [-0.05, 0) is 40.2 Å². The van der Waals surface area contributed by atoms with Gasteiger partial charge in [0.25, 0.3) is 5.91 Å². The van der Waals surface area contributed by atoms with Gasteiger partial charge in [0, 0.05) is 41.1 Å². The molecule has 5 rings (SSSR count). The molecule has 3 aromatic rings. The van der Waals surface area contributed by atoms with Crippen LogP contribution in [0.4, 0.5) is 0 Å². The molecule has 0 unspecified atom stereocenters. The summed E-state index contributed by atoms with van der Waals surface area (Å²) < 4.78 is 13.6. The van der Waals surface area contributed by atoms with Crippen LogP contribution in [0, 0.1) is 0 Å². The predicted molar refractivity (Wildman–Crippen MR) is 98.3 cm³/mol. The minimum Gasteiger partial charge on any atom is -0.454 e. The van der Waals surface area contributed by atoms with Crippen molar-refractivity contribution >= 4 is 21.8 Å². The maximum atomic E-state index is 12.9. The van der Waals surface area contributed by atoms with Gasteiger partial charge in [-0.1, -0.05) is 0 Å². The van der Waals surface area contributed by atoms with Gasteiger partial charge in [-0.15, -0.1) is 10.2 Å². The van der Waals surface area contributed by atoms with E-state index in [4.69, 9.17) is 9.47 Å². The Labute approximate surface area is 162 Å². The molecule has 0 atom stereocenters. The molecule has 4 heterocycles. The summed E-state index contributed by atoms with van der Waals surface area (Å²) in [5, 5.41) is 8.58. The SMILES string of the molecule is O=C(c1ccc2c(c1)OCO2)N1CCn2c(nnc2-c2cncc(Br)c2)C1. The van der Waals surface area contributed by atoms with Crippen molar-refractivity contribution < 1.29 is 14.3 Å². The standard InChI is InChI=1S/C18H14BrN5O3/c19-13-5-12(7-20-8-13)17-22-21-16-9-23(3-4-24(16)17)18(25)11-1-2-14-15(6-11)27-10-26-14/h1-2,5-8H,3-4,9-10H2. The van der Waals surface area contributed by atoms with Gasteiger partial charge in [0.1, 0.15) is 0 Å². The fourth-order valence-electron chi connectivity index (χ4n) is 3.29. The molecule has 1 amide bonds. The Morgan fingerprint density at radius 3 is 2.85 bits per heavy atom. The summed E-state index contributed by atoms with van der Waals surface area (Å²) in [6, 6.07) is 7.20. The van der Waals surface area contributed by atoms with Crippen LogP contribution in [0.25, 0.3) is 11.4 Å². The Kier molecular flexibility index (Phi) is 3.82. The molecule has 0 spiro atoms. The zero-order valence-electron chi connectivity index (χ0n) is 14.1. The number of carbonyl (C=O) groups excluding carboxylic acids is 1. The van der Waals surface area contributed by atoms with Crippen molar-refractivity contribution in [2.24, 2.45) is 0 Å². The Bertz CT molecular complexity index is 1050. The Morgan fingerprint density at radius 2 is 1.96 bits per heavy atom. The average Bonchev–Trinajstić information content (AvgIpc) is 3.33. The van der Waals surface area contributed by atoms with Gasteiger partial charge in [-0.3, -0.25) is 9.78 Å². The van der Waals surface area contributed by atoms with E-state index in [0.717, 1.165) is 21.7 Å². The summed E-state index contributed by atoms with van der Waals surface area (Å²) in [4.78, 5) is 18.8. The van der Waals surface area contributed by atoms with Crippen molar-refractivity contribution in [3.8, 4) is 22.9 Å². The molecule has 27 heavy (non-hydrogen) atoms. The predicted octanol–water partition coefficient (Wildman–Crippen LogP) is 2.49. The molecule has 2 aliphatic heterocycles. The number of hydrogen-bond acceptors (Lipinski definition) is 6. The second-order valence-corrected chi connectivity index (χ2v) is 7.19. The van der Waals surface area contributed by atoms with Crippen molar-refractivity contribution in [1.82, 2.24) is 24.6 Å². The molecule has 0 saturated heterocycles. The highest BCUT2D eigenvalue weighted by Gasteiger charge is 2.27. The third kappa shape index (κ3) is 2.84. The summed E-state index contributed by atoms with van der Waals surface area (Å²) in [5.74, 6) is 2.72. The highest BCUT2D eigenvalue weighted by molar-refractivity contribution is 9.10. The van der Waals surface area contributed by atoms with Crippen molar-refractivity contribution in [2.75, 3.05) is 13.3 Å². The molecule has 0 aliphatic carbocycles. The number of rotatable bonds is 2. The van der Waals surface area contributed by atoms with Crippen molar-refractivity contribution in [3.63, 3.8) is 0 Å². The van der Waals surface area contributed by atoms with Crippen LogP contribution in [0.1, 0.15) is 16.2 Å². The summed E-state index contributed by atoms with van der Waals surface area (Å²) in [7, 11) is 0. The molecule has 9 heteroatoms. The smallest absolute Gasteiger partial charge is 0.254 e. The van der Waals surface area contributed by atoms with Crippen LogP contribution < -0.4 is 9.47 Å². The van der Waals surface area contributed by atoms with E-state index in [1.165, 1.54) is 0 Å². The van der Waals surface area contributed by atoms with E-state index in [-0.39, 0.29) is 12.7 Å². The lowest BCUT2D eigenvalue weighted by molar-refractivity contribution is 0.0707. The van der Waals surface area contributed by atoms with Crippen LogP contribution in [0.5, 0.6) is 11.5 Å². The van der Waals surface area contributed by atoms with E-state index in [1.807, 2.05) is 10.6 Å². The maximum Gasteiger partial charge on any atom is 0.254 e. The molecule has 1 aromatic carbocycles. The molecule has 136 valence electrons. The normalized spacial score (nSPS) is 14.9.